The van der Waals surface area contributed by atoms with Crippen molar-refractivity contribution in [3.05, 3.63) is 63.3 Å². The van der Waals surface area contributed by atoms with Gasteiger partial charge in [0.1, 0.15) is 16.0 Å². The van der Waals surface area contributed by atoms with E-state index in [-0.39, 0.29) is 16.4 Å². The minimum absolute atomic E-state index is 0.178. The molecule has 0 saturated heterocycles. The fourth-order valence-electron chi connectivity index (χ4n) is 2.41. The molecule has 0 aliphatic carbocycles. The van der Waals surface area contributed by atoms with Crippen molar-refractivity contribution in [3.63, 3.8) is 0 Å². The highest BCUT2D eigenvalue weighted by Gasteiger charge is 2.14. The Hall–Kier alpha value is -2.27. The van der Waals surface area contributed by atoms with Gasteiger partial charge in [-0.1, -0.05) is 25.1 Å². The minimum Gasteiger partial charge on any atom is -0.292 e. The number of hydrogen-bond acceptors (Lipinski definition) is 4. The van der Waals surface area contributed by atoms with Crippen LogP contribution in [-0.4, -0.2) is 9.55 Å². The van der Waals surface area contributed by atoms with Gasteiger partial charge in [0.25, 0.3) is 5.56 Å². The average Bonchev–Trinajstić information content (AvgIpc) is 2.50. The van der Waals surface area contributed by atoms with Crippen LogP contribution in [-0.2, 0) is 13.0 Å². The van der Waals surface area contributed by atoms with E-state index in [2.05, 4.69) is 11.6 Å². The van der Waals surface area contributed by atoms with Crippen LogP contribution in [0.15, 0.2) is 46.5 Å². The molecule has 106 valence electrons. The molecular weight excluding hydrogens is 284 g/mol. The summed E-state index contributed by atoms with van der Waals surface area (Å²) in [5.41, 5.74) is -0.513. The van der Waals surface area contributed by atoms with Gasteiger partial charge in [-0.05, 0) is 12.1 Å². The highest BCUT2D eigenvalue weighted by atomic mass is 32.1. The van der Waals surface area contributed by atoms with Crippen LogP contribution in [0.4, 0.5) is 0 Å². The minimum atomic E-state index is -0.274. The van der Waals surface area contributed by atoms with E-state index in [4.69, 9.17) is 0 Å². The van der Waals surface area contributed by atoms with Crippen LogP contribution in [0, 0.1) is 0 Å². The molecule has 0 N–H and O–H groups in total. The molecule has 0 atom stereocenters. The third-order valence-corrected chi connectivity index (χ3v) is 4.47. The number of nitrogens with zero attached hydrogens (tertiary/aromatic N) is 2. The maximum absolute atomic E-state index is 12.6. The van der Waals surface area contributed by atoms with Crippen LogP contribution in [0.2, 0.25) is 0 Å². The number of benzene rings is 1. The van der Waals surface area contributed by atoms with Crippen molar-refractivity contribution in [1.82, 2.24) is 9.55 Å². The molecule has 0 aliphatic heterocycles. The number of rotatable bonds is 3. The first-order valence-electron chi connectivity index (χ1n) is 6.73. The molecule has 3 rings (SSSR count). The number of aromatic nitrogens is 2. The van der Waals surface area contributed by atoms with Crippen LogP contribution in [0.3, 0.4) is 0 Å². The Bertz CT molecular complexity index is 970. The molecule has 0 fully saturated rings. The quantitative estimate of drug-likeness (QED) is 0.552. The summed E-state index contributed by atoms with van der Waals surface area (Å²) in [6.45, 7) is 5.97. The summed E-state index contributed by atoms with van der Waals surface area (Å²) < 4.78 is 2.38. The molecule has 5 heteroatoms. The lowest BCUT2D eigenvalue weighted by molar-refractivity contribution is 0.700. The Morgan fingerprint density at radius 2 is 2.10 bits per heavy atom. The second-order valence-corrected chi connectivity index (χ2v) is 5.72. The Labute approximate surface area is 125 Å². The molecule has 21 heavy (non-hydrogen) atoms. The van der Waals surface area contributed by atoms with Crippen LogP contribution >= 0.6 is 11.3 Å². The summed E-state index contributed by atoms with van der Waals surface area (Å²) in [5.74, 6) is 0.679. The molecule has 0 bridgehead atoms. The molecule has 2 heterocycles. The zero-order valence-corrected chi connectivity index (χ0v) is 12.4. The topological polar surface area (TPSA) is 52.0 Å². The van der Waals surface area contributed by atoms with Gasteiger partial charge in [0.2, 0.25) is 5.43 Å². The second-order valence-electron chi connectivity index (χ2n) is 4.69. The maximum atomic E-state index is 12.6. The number of hydrogen-bond donors (Lipinski definition) is 0. The summed E-state index contributed by atoms with van der Waals surface area (Å²) in [6, 6.07) is 7.31. The van der Waals surface area contributed by atoms with Crippen molar-refractivity contribution in [1.29, 1.82) is 0 Å². The molecule has 2 aromatic heterocycles. The molecule has 0 unspecified atom stereocenters. The van der Waals surface area contributed by atoms with Crippen LogP contribution in [0.5, 0.6) is 0 Å². The van der Waals surface area contributed by atoms with Gasteiger partial charge in [-0.2, -0.15) is 0 Å². The Balaban J connectivity index is 2.55. The van der Waals surface area contributed by atoms with Crippen molar-refractivity contribution in [3.8, 4) is 0 Å². The van der Waals surface area contributed by atoms with Gasteiger partial charge >= 0.3 is 0 Å². The molecular formula is C16H14N2O2S. The Morgan fingerprint density at radius 1 is 1.33 bits per heavy atom. The molecule has 0 spiro atoms. The van der Waals surface area contributed by atoms with E-state index in [1.54, 1.807) is 18.2 Å². The molecule has 0 amide bonds. The lowest BCUT2D eigenvalue weighted by Crippen LogP contribution is -2.28. The second kappa shape index (κ2) is 5.26. The maximum Gasteiger partial charge on any atom is 0.266 e. The first-order chi connectivity index (χ1) is 10.2. The standard InChI is InChI=1S/C16H14N2O2S/c1-3-9-18-12(4-2)17-15-13(16(18)20)14(19)10-7-5-6-8-11(10)21-15/h3,5-8H,1,4,9H2,2H3. The summed E-state index contributed by atoms with van der Waals surface area (Å²) in [4.78, 5) is 30.3. The molecule has 3 aromatic rings. The van der Waals surface area contributed by atoms with Gasteiger partial charge in [-0.3, -0.25) is 14.2 Å². The van der Waals surface area contributed by atoms with E-state index < -0.39 is 0 Å². The predicted molar refractivity (Wildman–Crippen MR) is 87.2 cm³/mol. The first-order valence-corrected chi connectivity index (χ1v) is 7.55. The van der Waals surface area contributed by atoms with Crippen molar-refractivity contribution < 1.29 is 0 Å². The first kappa shape index (κ1) is 13.7. The smallest absolute Gasteiger partial charge is 0.266 e. The fraction of sp³-hybridized carbons (Fsp3) is 0.188. The summed E-state index contributed by atoms with van der Waals surface area (Å²) in [7, 11) is 0. The van der Waals surface area contributed by atoms with Gasteiger partial charge in [0, 0.05) is 23.1 Å². The summed E-state index contributed by atoms with van der Waals surface area (Å²) in [5, 5.41) is 0.751. The molecule has 1 aromatic carbocycles. The van der Waals surface area contributed by atoms with Gasteiger partial charge in [0.15, 0.2) is 0 Å². The Kier molecular flexibility index (Phi) is 3.43. The monoisotopic (exact) mass is 298 g/mol. The number of fused-ring (bicyclic) bond motifs is 2. The molecule has 0 radical (unpaired) electrons. The normalized spacial score (nSPS) is 11.1. The number of allylic oxidation sites excluding steroid dienone is 1. The predicted octanol–water partition coefficient (Wildman–Crippen LogP) is 2.72. The zero-order valence-electron chi connectivity index (χ0n) is 11.6. The van der Waals surface area contributed by atoms with Crippen LogP contribution < -0.4 is 11.0 Å². The zero-order chi connectivity index (χ0) is 15.0. The third-order valence-electron chi connectivity index (χ3n) is 3.41. The van der Waals surface area contributed by atoms with Gasteiger partial charge in [-0.25, -0.2) is 4.98 Å². The summed E-state index contributed by atoms with van der Waals surface area (Å²) in [6.07, 6.45) is 2.27. The average molecular weight is 298 g/mol. The number of aryl methyl sites for hydroxylation is 1. The summed E-state index contributed by atoms with van der Waals surface area (Å²) >= 11 is 1.39. The van der Waals surface area contributed by atoms with Crippen molar-refractivity contribution in [2.75, 3.05) is 0 Å². The SMILES string of the molecule is C=CCn1c(CC)nc2sc3ccccc3c(=O)c2c1=O. The van der Waals surface area contributed by atoms with E-state index in [0.717, 1.165) is 4.70 Å². The van der Waals surface area contributed by atoms with Crippen LogP contribution in [0.25, 0.3) is 20.3 Å². The fourth-order valence-corrected chi connectivity index (χ4v) is 3.47. The van der Waals surface area contributed by atoms with Gasteiger partial charge in [0.05, 0.1) is 0 Å². The van der Waals surface area contributed by atoms with Crippen LogP contribution in [0.1, 0.15) is 12.7 Å². The lowest BCUT2D eigenvalue weighted by atomic mass is 10.2. The lowest BCUT2D eigenvalue weighted by Gasteiger charge is -2.10. The third kappa shape index (κ3) is 2.10. The molecule has 0 saturated carbocycles. The molecule has 0 aliphatic rings. The molecule has 4 nitrogen and oxygen atoms in total. The van der Waals surface area contributed by atoms with E-state index in [0.29, 0.717) is 29.0 Å². The van der Waals surface area contributed by atoms with E-state index >= 15 is 0 Å². The van der Waals surface area contributed by atoms with E-state index in [1.165, 1.54) is 15.9 Å². The van der Waals surface area contributed by atoms with E-state index in [9.17, 15) is 9.59 Å². The van der Waals surface area contributed by atoms with Gasteiger partial charge in [-0.15, -0.1) is 17.9 Å². The van der Waals surface area contributed by atoms with Crippen molar-refractivity contribution in [2.24, 2.45) is 0 Å². The van der Waals surface area contributed by atoms with Gasteiger partial charge < -0.3 is 0 Å². The van der Waals surface area contributed by atoms with E-state index in [1.807, 2.05) is 19.1 Å². The highest BCUT2D eigenvalue weighted by molar-refractivity contribution is 7.24. The van der Waals surface area contributed by atoms with Crippen molar-refractivity contribution in [2.45, 2.75) is 19.9 Å². The van der Waals surface area contributed by atoms with Crippen molar-refractivity contribution >= 4 is 31.6 Å². The highest BCUT2D eigenvalue weighted by Crippen LogP contribution is 2.21. The Morgan fingerprint density at radius 3 is 2.81 bits per heavy atom. The largest absolute Gasteiger partial charge is 0.292 e.